The van der Waals surface area contributed by atoms with Gasteiger partial charge in [0.25, 0.3) is 0 Å². The van der Waals surface area contributed by atoms with Crippen molar-refractivity contribution in [2.45, 2.75) is 26.2 Å². The second-order valence-electron chi connectivity index (χ2n) is 7.02. The second kappa shape index (κ2) is 6.79. The molecule has 0 unspecified atom stereocenters. The molecule has 24 heavy (non-hydrogen) atoms. The molecule has 0 aromatic heterocycles. The molecule has 3 aromatic rings. The molecular weight excluding hydrogens is 292 g/mol. The van der Waals surface area contributed by atoms with Gasteiger partial charge in [-0.05, 0) is 53.4 Å². The minimum atomic E-state index is 0.179. The monoisotopic (exact) mass is 316 g/mol. The summed E-state index contributed by atoms with van der Waals surface area (Å²) in [5.74, 6) is 0. The van der Waals surface area contributed by atoms with Crippen molar-refractivity contribution >= 4 is 22.7 Å². The number of para-hydroxylation sites is 1. The zero-order valence-electron chi connectivity index (χ0n) is 14.5. The van der Waals surface area contributed by atoms with Crippen LogP contribution < -0.4 is 10.6 Å². The largest absolute Gasteiger partial charge is 0.355 e. The first-order valence-electron chi connectivity index (χ1n) is 8.30. The summed E-state index contributed by atoms with van der Waals surface area (Å²) in [5, 5.41) is 6.89. The third kappa shape index (κ3) is 4.17. The quantitative estimate of drug-likeness (QED) is 0.576. The molecule has 122 valence electrons. The van der Waals surface area contributed by atoms with Crippen molar-refractivity contribution in [3.63, 3.8) is 0 Å². The standard InChI is InChI=1S/C22H24N2/c1-22(2,3)17-12-14-19(15-13-17)24-21-11-7-10-20(16-21)23-18-8-5-4-6-9-18/h4-16,23-24H,1-3H3. The summed E-state index contributed by atoms with van der Waals surface area (Å²) in [7, 11) is 0. The molecule has 0 heterocycles. The van der Waals surface area contributed by atoms with Gasteiger partial charge in [-0.25, -0.2) is 0 Å². The second-order valence-corrected chi connectivity index (χ2v) is 7.02. The average molecular weight is 316 g/mol. The van der Waals surface area contributed by atoms with Crippen LogP contribution in [0.1, 0.15) is 26.3 Å². The lowest BCUT2D eigenvalue weighted by Gasteiger charge is -2.19. The first kappa shape index (κ1) is 16.1. The number of anilines is 4. The lowest BCUT2D eigenvalue weighted by atomic mass is 9.87. The van der Waals surface area contributed by atoms with Gasteiger partial charge >= 0.3 is 0 Å². The van der Waals surface area contributed by atoms with Crippen molar-refractivity contribution < 1.29 is 0 Å². The van der Waals surface area contributed by atoms with Crippen molar-refractivity contribution in [3.05, 3.63) is 84.4 Å². The number of rotatable bonds is 4. The summed E-state index contributed by atoms with van der Waals surface area (Å²) in [6.07, 6.45) is 0. The van der Waals surface area contributed by atoms with Crippen LogP contribution in [0, 0.1) is 0 Å². The molecule has 0 atom stereocenters. The SMILES string of the molecule is CC(C)(C)c1ccc(Nc2cccc(Nc3ccccc3)c2)cc1. The molecule has 3 rings (SSSR count). The topological polar surface area (TPSA) is 24.1 Å². The fraction of sp³-hybridized carbons (Fsp3) is 0.182. The number of hydrogen-bond donors (Lipinski definition) is 2. The highest BCUT2D eigenvalue weighted by Gasteiger charge is 2.12. The van der Waals surface area contributed by atoms with Crippen LogP contribution in [-0.4, -0.2) is 0 Å². The van der Waals surface area contributed by atoms with E-state index >= 15 is 0 Å². The van der Waals surface area contributed by atoms with Crippen LogP contribution in [0.2, 0.25) is 0 Å². The normalized spacial score (nSPS) is 11.1. The summed E-state index contributed by atoms with van der Waals surface area (Å²) in [6, 6.07) is 27.2. The molecule has 0 aliphatic carbocycles. The Hall–Kier alpha value is -2.74. The molecule has 0 fully saturated rings. The zero-order valence-corrected chi connectivity index (χ0v) is 14.5. The van der Waals surface area contributed by atoms with Gasteiger partial charge in [-0.3, -0.25) is 0 Å². The molecule has 0 saturated carbocycles. The Morgan fingerprint density at radius 3 is 1.58 bits per heavy atom. The van der Waals surface area contributed by atoms with Gasteiger partial charge in [-0.2, -0.15) is 0 Å². The van der Waals surface area contributed by atoms with Gasteiger partial charge in [-0.1, -0.05) is 57.2 Å². The van der Waals surface area contributed by atoms with Crippen LogP contribution in [0.5, 0.6) is 0 Å². The molecule has 3 aromatic carbocycles. The first-order chi connectivity index (χ1) is 11.5. The Labute approximate surface area is 144 Å². The van der Waals surface area contributed by atoms with Crippen LogP contribution in [-0.2, 0) is 5.41 Å². The van der Waals surface area contributed by atoms with Crippen molar-refractivity contribution in [2.75, 3.05) is 10.6 Å². The molecule has 2 nitrogen and oxygen atoms in total. The minimum Gasteiger partial charge on any atom is -0.355 e. The fourth-order valence-corrected chi connectivity index (χ4v) is 2.58. The maximum absolute atomic E-state index is 3.47. The predicted molar refractivity (Wildman–Crippen MR) is 105 cm³/mol. The molecule has 0 aliphatic heterocycles. The summed E-state index contributed by atoms with van der Waals surface area (Å²) in [4.78, 5) is 0. The van der Waals surface area contributed by atoms with Gasteiger partial charge in [0.15, 0.2) is 0 Å². The van der Waals surface area contributed by atoms with Gasteiger partial charge in [-0.15, -0.1) is 0 Å². The lowest BCUT2D eigenvalue weighted by molar-refractivity contribution is 0.590. The van der Waals surface area contributed by atoms with Crippen LogP contribution >= 0.6 is 0 Å². The van der Waals surface area contributed by atoms with E-state index in [2.05, 4.69) is 92.1 Å². The van der Waals surface area contributed by atoms with Gasteiger partial charge in [0.05, 0.1) is 0 Å². The molecule has 2 heteroatoms. The summed E-state index contributed by atoms with van der Waals surface area (Å²) in [6.45, 7) is 6.69. The van der Waals surface area contributed by atoms with Crippen molar-refractivity contribution in [1.82, 2.24) is 0 Å². The summed E-state index contributed by atoms with van der Waals surface area (Å²) in [5.41, 5.74) is 5.84. The van der Waals surface area contributed by atoms with E-state index in [-0.39, 0.29) is 5.41 Å². The molecule has 0 saturated heterocycles. The van der Waals surface area contributed by atoms with Gasteiger partial charge < -0.3 is 10.6 Å². The number of hydrogen-bond acceptors (Lipinski definition) is 2. The average Bonchev–Trinajstić information content (AvgIpc) is 2.56. The minimum absolute atomic E-state index is 0.179. The van der Waals surface area contributed by atoms with Gasteiger partial charge in [0.1, 0.15) is 0 Å². The van der Waals surface area contributed by atoms with E-state index in [0.717, 1.165) is 22.7 Å². The Balaban J connectivity index is 1.73. The number of benzene rings is 3. The Kier molecular flexibility index (Phi) is 4.57. The third-order valence-electron chi connectivity index (χ3n) is 3.96. The van der Waals surface area contributed by atoms with Crippen LogP contribution in [0.4, 0.5) is 22.7 Å². The van der Waals surface area contributed by atoms with E-state index in [1.807, 2.05) is 18.2 Å². The summed E-state index contributed by atoms with van der Waals surface area (Å²) >= 11 is 0. The van der Waals surface area contributed by atoms with E-state index in [4.69, 9.17) is 0 Å². The lowest BCUT2D eigenvalue weighted by Crippen LogP contribution is -2.10. The van der Waals surface area contributed by atoms with E-state index in [9.17, 15) is 0 Å². The molecule has 0 amide bonds. The Morgan fingerprint density at radius 1 is 0.542 bits per heavy atom. The van der Waals surface area contributed by atoms with Crippen molar-refractivity contribution in [1.29, 1.82) is 0 Å². The molecule has 2 N–H and O–H groups in total. The zero-order chi connectivity index (χ0) is 17.0. The molecule has 0 radical (unpaired) electrons. The predicted octanol–water partition coefficient (Wildman–Crippen LogP) is 6.47. The number of nitrogens with one attached hydrogen (secondary N) is 2. The smallest absolute Gasteiger partial charge is 0.0405 e. The maximum atomic E-state index is 3.47. The highest BCUT2D eigenvalue weighted by molar-refractivity contribution is 5.68. The first-order valence-corrected chi connectivity index (χ1v) is 8.30. The molecule has 0 aliphatic rings. The third-order valence-corrected chi connectivity index (χ3v) is 3.96. The summed E-state index contributed by atoms with van der Waals surface area (Å²) < 4.78 is 0. The van der Waals surface area contributed by atoms with Crippen LogP contribution in [0.15, 0.2) is 78.9 Å². The van der Waals surface area contributed by atoms with Crippen LogP contribution in [0.3, 0.4) is 0 Å². The molecular formula is C22H24N2. The van der Waals surface area contributed by atoms with E-state index < -0.39 is 0 Å². The van der Waals surface area contributed by atoms with Crippen LogP contribution in [0.25, 0.3) is 0 Å². The van der Waals surface area contributed by atoms with Crippen molar-refractivity contribution in [2.24, 2.45) is 0 Å². The van der Waals surface area contributed by atoms with E-state index in [1.165, 1.54) is 5.56 Å². The van der Waals surface area contributed by atoms with Gasteiger partial charge in [0.2, 0.25) is 0 Å². The highest BCUT2D eigenvalue weighted by Crippen LogP contribution is 2.26. The van der Waals surface area contributed by atoms with E-state index in [1.54, 1.807) is 0 Å². The fourth-order valence-electron chi connectivity index (χ4n) is 2.58. The molecule has 0 bridgehead atoms. The van der Waals surface area contributed by atoms with Crippen molar-refractivity contribution in [3.8, 4) is 0 Å². The maximum Gasteiger partial charge on any atom is 0.0405 e. The molecule has 0 spiro atoms. The van der Waals surface area contributed by atoms with E-state index in [0.29, 0.717) is 0 Å². The Morgan fingerprint density at radius 2 is 1.04 bits per heavy atom. The van der Waals surface area contributed by atoms with Gasteiger partial charge in [0, 0.05) is 22.7 Å². The highest BCUT2D eigenvalue weighted by atomic mass is 14.9. The Bertz CT molecular complexity index is 784.